The van der Waals surface area contributed by atoms with Crippen molar-refractivity contribution in [2.45, 2.75) is 26.1 Å². The average Bonchev–Trinajstić information content (AvgIpc) is 2.39. The summed E-state index contributed by atoms with van der Waals surface area (Å²) in [6, 6.07) is 4.03. The first-order valence-corrected chi connectivity index (χ1v) is 6.79. The molecular formula is C14H20F4N2O. The Labute approximate surface area is 121 Å². The minimum Gasteiger partial charge on any atom is -0.395 e. The third-order valence-electron chi connectivity index (χ3n) is 2.90. The topological polar surface area (TPSA) is 35.5 Å². The highest BCUT2D eigenvalue weighted by Gasteiger charge is 2.31. The molecule has 0 radical (unpaired) electrons. The van der Waals surface area contributed by atoms with Gasteiger partial charge in [0, 0.05) is 24.3 Å². The van der Waals surface area contributed by atoms with Crippen LogP contribution in [0.2, 0.25) is 0 Å². The predicted octanol–water partition coefficient (Wildman–Crippen LogP) is 2.69. The number of anilines is 1. The number of benzene rings is 1. The van der Waals surface area contributed by atoms with Crippen molar-refractivity contribution in [2.75, 3.05) is 31.1 Å². The van der Waals surface area contributed by atoms with Crippen molar-refractivity contribution in [3.63, 3.8) is 0 Å². The van der Waals surface area contributed by atoms with Gasteiger partial charge in [-0.25, -0.2) is 4.39 Å². The molecule has 0 aliphatic carbocycles. The van der Waals surface area contributed by atoms with Gasteiger partial charge in [0.1, 0.15) is 12.4 Å². The van der Waals surface area contributed by atoms with Gasteiger partial charge in [0.15, 0.2) is 0 Å². The highest BCUT2D eigenvalue weighted by Crippen LogP contribution is 2.27. The lowest BCUT2D eigenvalue weighted by molar-refractivity contribution is -0.119. The molecule has 0 saturated carbocycles. The Morgan fingerprint density at radius 3 is 2.57 bits per heavy atom. The molecule has 0 aliphatic rings. The van der Waals surface area contributed by atoms with Crippen LogP contribution in [0, 0.1) is 5.82 Å². The van der Waals surface area contributed by atoms with Gasteiger partial charge in [0.2, 0.25) is 0 Å². The van der Waals surface area contributed by atoms with E-state index in [0.717, 1.165) is 11.3 Å². The van der Waals surface area contributed by atoms with E-state index < -0.39 is 25.1 Å². The number of nitrogens with one attached hydrogen (secondary N) is 1. The molecule has 7 heteroatoms. The van der Waals surface area contributed by atoms with E-state index in [9.17, 15) is 17.6 Å². The number of nitrogens with zero attached hydrogens (tertiary/aromatic N) is 1. The van der Waals surface area contributed by atoms with E-state index in [4.69, 9.17) is 5.11 Å². The van der Waals surface area contributed by atoms with Crippen molar-refractivity contribution in [1.82, 2.24) is 5.32 Å². The summed E-state index contributed by atoms with van der Waals surface area (Å²) in [7, 11) is 0. The fourth-order valence-corrected chi connectivity index (χ4v) is 2.03. The molecular weight excluding hydrogens is 288 g/mol. The fourth-order valence-electron chi connectivity index (χ4n) is 2.03. The standard InChI is InChI=1S/C14H20F4N2O/c1-2-6-19-9-11-12(15)4-3-5-13(11)20(7-8-21)10-14(16,17)18/h3-5,19,21H,2,6-10H2,1H3. The molecule has 0 unspecified atom stereocenters. The van der Waals surface area contributed by atoms with Crippen LogP contribution >= 0.6 is 0 Å². The van der Waals surface area contributed by atoms with E-state index in [0.29, 0.717) is 6.54 Å². The molecule has 0 aliphatic heterocycles. The third-order valence-corrected chi connectivity index (χ3v) is 2.90. The van der Waals surface area contributed by atoms with E-state index in [1.807, 2.05) is 6.92 Å². The number of rotatable bonds is 8. The summed E-state index contributed by atoms with van der Waals surface area (Å²) in [5, 5.41) is 11.9. The molecule has 21 heavy (non-hydrogen) atoms. The van der Waals surface area contributed by atoms with E-state index in [2.05, 4.69) is 5.32 Å². The number of aliphatic hydroxyl groups excluding tert-OH is 1. The Hall–Kier alpha value is -1.34. The van der Waals surface area contributed by atoms with Gasteiger partial charge >= 0.3 is 6.18 Å². The molecule has 0 fully saturated rings. The average molecular weight is 308 g/mol. The molecule has 1 rings (SSSR count). The largest absolute Gasteiger partial charge is 0.405 e. The van der Waals surface area contributed by atoms with Crippen LogP contribution in [0.5, 0.6) is 0 Å². The van der Waals surface area contributed by atoms with Crippen LogP contribution in [0.4, 0.5) is 23.2 Å². The molecule has 0 atom stereocenters. The molecule has 0 spiro atoms. The van der Waals surface area contributed by atoms with Crippen molar-refractivity contribution < 1.29 is 22.7 Å². The van der Waals surface area contributed by atoms with Gasteiger partial charge in [-0.3, -0.25) is 0 Å². The van der Waals surface area contributed by atoms with Crippen LogP contribution in [0.1, 0.15) is 18.9 Å². The van der Waals surface area contributed by atoms with E-state index >= 15 is 0 Å². The highest BCUT2D eigenvalue weighted by molar-refractivity contribution is 5.54. The minimum atomic E-state index is -4.42. The number of hydrogen-bond acceptors (Lipinski definition) is 3. The number of hydrogen-bond donors (Lipinski definition) is 2. The number of aliphatic hydroxyl groups is 1. The first-order valence-electron chi connectivity index (χ1n) is 6.79. The smallest absolute Gasteiger partial charge is 0.395 e. The molecule has 0 amide bonds. The van der Waals surface area contributed by atoms with Gasteiger partial charge in [0.05, 0.1) is 6.61 Å². The lowest BCUT2D eigenvalue weighted by Crippen LogP contribution is -2.37. The minimum absolute atomic E-state index is 0.148. The lowest BCUT2D eigenvalue weighted by Gasteiger charge is -2.27. The zero-order chi connectivity index (χ0) is 15.9. The van der Waals surface area contributed by atoms with Crippen LogP contribution in [-0.2, 0) is 6.54 Å². The molecule has 3 nitrogen and oxygen atoms in total. The molecule has 1 aromatic rings. The second-order valence-electron chi connectivity index (χ2n) is 4.67. The lowest BCUT2D eigenvalue weighted by atomic mass is 10.1. The highest BCUT2D eigenvalue weighted by atomic mass is 19.4. The maximum Gasteiger partial charge on any atom is 0.405 e. The van der Waals surface area contributed by atoms with Crippen molar-refractivity contribution in [2.24, 2.45) is 0 Å². The SMILES string of the molecule is CCCNCc1c(F)cccc1N(CCO)CC(F)(F)F. The Balaban J connectivity index is 3.02. The first kappa shape index (κ1) is 17.7. The van der Waals surface area contributed by atoms with Crippen molar-refractivity contribution in [3.05, 3.63) is 29.6 Å². The number of alkyl halides is 3. The second kappa shape index (κ2) is 8.19. The van der Waals surface area contributed by atoms with Gasteiger partial charge in [-0.05, 0) is 25.1 Å². The molecule has 0 bridgehead atoms. The van der Waals surface area contributed by atoms with Crippen molar-refractivity contribution in [1.29, 1.82) is 0 Å². The fraction of sp³-hybridized carbons (Fsp3) is 0.571. The Morgan fingerprint density at radius 1 is 1.29 bits per heavy atom. The summed E-state index contributed by atoms with van der Waals surface area (Å²) in [5.74, 6) is -0.554. The maximum absolute atomic E-state index is 13.9. The van der Waals surface area contributed by atoms with E-state index in [1.165, 1.54) is 18.2 Å². The normalized spacial score (nSPS) is 11.7. The molecule has 1 aromatic carbocycles. The quantitative estimate of drug-likeness (QED) is 0.572. The maximum atomic E-state index is 13.9. The van der Waals surface area contributed by atoms with Gasteiger partial charge in [-0.2, -0.15) is 13.2 Å². The third kappa shape index (κ3) is 5.89. The summed E-state index contributed by atoms with van der Waals surface area (Å²) in [4.78, 5) is 0.950. The summed E-state index contributed by atoms with van der Waals surface area (Å²) in [6.07, 6.45) is -3.58. The van der Waals surface area contributed by atoms with Crippen LogP contribution in [0.15, 0.2) is 18.2 Å². The second-order valence-corrected chi connectivity index (χ2v) is 4.67. The zero-order valence-corrected chi connectivity index (χ0v) is 11.9. The summed E-state index contributed by atoms with van der Waals surface area (Å²) < 4.78 is 51.8. The summed E-state index contributed by atoms with van der Waals surface area (Å²) in [5.41, 5.74) is 0.341. The van der Waals surface area contributed by atoms with Crippen LogP contribution in [0.3, 0.4) is 0 Å². The Morgan fingerprint density at radius 2 is 2.00 bits per heavy atom. The monoisotopic (exact) mass is 308 g/mol. The van der Waals surface area contributed by atoms with Crippen LogP contribution in [0.25, 0.3) is 0 Å². The molecule has 120 valence electrons. The Bertz CT molecular complexity index is 437. The Kier molecular flexibility index (Phi) is 6.91. The first-order chi connectivity index (χ1) is 9.89. The summed E-state index contributed by atoms with van der Waals surface area (Å²) >= 11 is 0. The van der Waals surface area contributed by atoms with Crippen LogP contribution in [-0.4, -0.2) is 37.5 Å². The van der Waals surface area contributed by atoms with Gasteiger partial charge in [-0.15, -0.1) is 0 Å². The van der Waals surface area contributed by atoms with Crippen LogP contribution < -0.4 is 10.2 Å². The van der Waals surface area contributed by atoms with Gasteiger partial charge < -0.3 is 15.3 Å². The molecule has 0 heterocycles. The molecule has 0 aromatic heterocycles. The van der Waals surface area contributed by atoms with Crippen molar-refractivity contribution >= 4 is 5.69 Å². The van der Waals surface area contributed by atoms with Crippen molar-refractivity contribution in [3.8, 4) is 0 Å². The molecule has 2 N–H and O–H groups in total. The summed E-state index contributed by atoms with van der Waals surface area (Å²) in [6.45, 7) is 0.871. The molecule has 0 saturated heterocycles. The predicted molar refractivity (Wildman–Crippen MR) is 73.8 cm³/mol. The van der Waals surface area contributed by atoms with E-state index in [1.54, 1.807) is 0 Å². The number of halogens is 4. The van der Waals surface area contributed by atoms with Gasteiger partial charge in [0.25, 0.3) is 0 Å². The van der Waals surface area contributed by atoms with Gasteiger partial charge in [-0.1, -0.05) is 13.0 Å². The zero-order valence-electron chi connectivity index (χ0n) is 11.9. The van der Waals surface area contributed by atoms with E-state index in [-0.39, 0.29) is 24.3 Å².